The summed E-state index contributed by atoms with van der Waals surface area (Å²) in [6.07, 6.45) is 2.69. The van der Waals surface area contributed by atoms with E-state index >= 15 is 0 Å². The number of hydrogen-bond donors (Lipinski definition) is 0. The van der Waals surface area contributed by atoms with Crippen LogP contribution in [0.5, 0.6) is 0 Å². The van der Waals surface area contributed by atoms with E-state index < -0.39 is 0 Å². The number of amides is 1. The summed E-state index contributed by atoms with van der Waals surface area (Å²) in [5.74, 6) is 1.52. The Morgan fingerprint density at radius 2 is 1.87 bits per heavy atom. The van der Waals surface area contributed by atoms with Gasteiger partial charge in [0, 0.05) is 38.0 Å². The number of ether oxygens (including phenoxy) is 1. The van der Waals surface area contributed by atoms with E-state index in [1.165, 1.54) is 18.4 Å². The van der Waals surface area contributed by atoms with E-state index in [0.29, 0.717) is 50.7 Å². The number of hydrogen-bond acceptors (Lipinski definition) is 6. The van der Waals surface area contributed by atoms with E-state index in [2.05, 4.69) is 4.90 Å². The van der Waals surface area contributed by atoms with Crippen molar-refractivity contribution in [3.8, 4) is 0 Å². The van der Waals surface area contributed by atoms with Crippen molar-refractivity contribution < 1.29 is 18.3 Å². The summed E-state index contributed by atoms with van der Waals surface area (Å²) in [7, 11) is 0. The Bertz CT molecular complexity index is 1060. The second kappa shape index (κ2) is 8.47. The molecule has 1 aromatic carbocycles. The summed E-state index contributed by atoms with van der Waals surface area (Å²) in [6, 6.07) is 9.83. The van der Waals surface area contributed by atoms with Crippen LogP contribution in [0.1, 0.15) is 33.2 Å². The number of aromatic nitrogens is 2. The van der Waals surface area contributed by atoms with E-state index in [9.17, 15) is 9.18 Å². The number of nitrogens with zero attached hydrogens (tertiary/aromatic N) is 4. The van der Waals surface area contributed by atoms with Crippen molar-refractivity contribution in [3.63, 3.8) is 0 Å². The molecule has 0 unspecified atom stereocenters. The number of morpholine rings is 1. The summed E-state index contributed by atoms with van der Waals surface area (Å²) >= 11 is 0. The van der Waals surface area contributed by atoms with Gasteiger partial charge in [-0.2, -0.15) is 0 Å². The fourth-order valence-corrected chi connectivity index (χ4v) is 4.08. The maximum absolute atomic E-state index is 13.3. The van der Waals surface area contributed by atoms with Crippen molar-refractivity contribution in [1.29, 1.82) is 0 Å². The molecule has 2 aliphatic heterocycles. The number of benzene rings is 1. The van der Waals surface area contributed by atoms with Gasteiger partial charge in [-0.25, -0.2) is 14.4 Å². The average Bonchev–Trinajstić information content (AvgIpc) is 3.35. The third-order valence-corrected chi connectivity index (χ3v) is 5.69. The molecule has 2 aliphatic rings. The van der Waals surface area contributed by atoms with Crippen LogP contribution < -0.4 is 4.90 Å². The molecule has 5 rings (SSSR count). The first-order valence-electron chi connectivity index (χ1n) is 10.5. The van der Waals surface area contributed by atoms with Gasteiger partial charge >= 0.3 is 0 Å². The van der Waals surface area contributed by atoms with E-state index in [1.54, 1.807) is 29.2 Å². The van der Waals surface area contributed by atoms with Crippen LogP contribution in [0.2, 0.25) is 0 Å². The highest BCUT2D eigenvalue weighted by molar-refractivity contribution is 5.91. The first-order valence-corrected chi connectivity index (χ1v) is 10.5. The third-order valence-electron chi connectivity index (χ3n) is 5.69. The Hall–Kier alpha value is -3.26. The quantitative estimate of drug-likeness (QED) is 0.644. The first-order chi connectivity index (χ1) is 15.2. The number of carbonyl (C=O) groups is 1. The minimum atomic E-state index is -0.259. The molecule has 3 aromatic rings. The molecule has 8 heteroatoms. The van der Waals surface area contributed by atoms with Crippen molar-refractivity contribution >= 4 is 11.7 Å². The van der Waals surface area contributed by atoms with Gasteiger partial charge in [0.1, 0.15) is 17.5 Å². The number of anilines is 1. The van der Waals surface area contributed by atoms with Gasteiger partial charge in [0.2, 0.25) is 0 Å². The van der Waals surface area contributed by atoms with Crippen LogP contribution in [0.25, 0.3) is 0 Å². The molecule has 160 valence electrons. The number of fused-ring (bicyclic) bond motifs is 1. The molecule has 2 aromatic heterocycles. The van der Waals surface area contributed by atoms with Crippen molar-refractivity contribution in [2.24, 2.45) is 0 Å². The molecule has 0 N–H and O–H groups in total. The molecule has 0 aliphatic carbocycles. The van der Waals surface area contributed by atoms with E-state index in [0.717, 1.165) is 35.7 Å². The van der Waals surface area contributed by atoms with Crippen LogP contribution in [0.15, 0.2) is 47.1 Å². The molecule has 0 bridgehead atoms. The molecule has 1 fully saturated rings. The van der Waals surface area contributed by atoms with E-state index in [4.69, 9.17) is 19.1 Å². The van der Waals surface area contributed by atoms with Crippen molar-refractivity contribution in [2.75, 3.05) is 37.7 Å². The molecule has 4 heterocycles. The summed E-state index contributed by atoms with van der Waals surface area (Å²) in [5.41, 5.74) is 2.91. The van der Waals surface area contributed by atoms with Gasteiger partial charge in [-0.05, 0) is 29.8 Å². The maximum atomic E-state index is 13.3. The largest absolute Gasteiger partial charge is 0.459 e. The fraction of sp³-hybridized carbons (Fsp3) is 0.348. The maximum Gasteiger partial charge on any atom is 0.289 e. The molecule has 7 nitrogen and oxygen atoms in total. The summed E-state index contributed by atoms with van der Waals surface area (Å²) < 4.78 is 24.1. The van der Waals surface area contributed by atoms with Crippen molar-refractivity contribution in [3.05, 3.63) is 76.9 Å². The molecular formula is C23H23FN4O3. The average molecular weight is 422 g/mol. The summed E-state index contributed by atoms with van der Waals surface area (Å²) in [5, 5.41) is 0. The zero-order valence-electron chi connectivity index (χ0n) is 17.1. The lowest BCUT2D eigenvalue weighted by Gasteiger charge is -2.34. The van der Waals surface area contributed by atoms with Gasteiger partial charge in [-0.3, -0.25) is 4.79 Å². The van der Waals surface area contributed by atoms with Crippen molar-refractivity contribution in [1.82, 2.24) is 14.9 Å². The lowest BCUT2D eigenvalue weighted by molar-refractivity contribution is 0.0700. The van der Waals surface area contributed by atoms with Crippen molar-refractivity contribution in [2.45, 2.75) is 19.4 Å². The van der Waals surface area contributed by atoms with E-state index in [1.807, 2.05) is 0 Å². The van der Waals surface area contributed by atoms with Crippen LogP contribution in [0.4, 0.5) is 10.2 Å². The molecule has 0 spiro atoms. The summed E-state index contributed by atoms with van der Waals surface area (Å²) in [6.45, 7) is 3.78. The van der Waals surface area contributed by atoms with Crippen LogP contribution in [0.3, 0.4) is 0 Å². The molecule has 1 amide bonds. The Labute approximate surface area is 179 Å². The van der Waals surface area contributed by atoms with Gasteiger partial charge < -0.3 is 19.0 Å². The highest BCUT2D eigenvalue weighted by Crippen LogP contribution is 2.29. The van der Waals surface area contributed by atoms with Crippen LogP contribution in [-0.4, -0.2) is 53.6 Å². The third kappa shape index (κ3) is 4.16. The Morgan fingerprint density at radius 3 is 2.61 bits per heavy atom. The fourth-order valence-electron chi connectivity index (χ4n) is 4.08. The summed E-state index contributed by atoms with van der Waals surface area (Å²) in [4.78, 5) is 26.5. The molecular weight excluding hydrogens is 399 g/mol. The number of halogens is 1. The smallest absolute Gasteiger partial charge is 0.289 e. The normalized spacial score (nSPS) is 16.3. The monoisotopic (exact) mass is 422 g/mol. The van der Waals surface area contributed by atoms with E-state index in [-0.39, 0.29) is 11.7 Å². The van der Waals surface area contributed by atoms with Crippen LogP contribution in [-0.2, 0) is 24.1 Å². The zero-order chi connectivity index (χ0) is 21.2. The lowest BCUT2D eigenvalue weighted by atomic mass is 10.0. The van der Waals surface area contributed by atoms with Gasteiger partial charge in [0.15, 0.2) is 5.76 Å². The van der Waals surface area contributed by atoms with Gasteiger partial charge in [-0.1, -0.05) is 12.1 Å². The number of furan rings is 1. The van der Waals surface area contributed by atoms with Gasteiger partial charge in [0.05, 0.1) is 31.7 Å². The predicted molar refractivity (Wildman–Crippen MR) is 111 cm³/mol. The van der Waals surface area contributed by atoms with Crippen LogP contribution in [0, 0.1) is 5.82 Å². The topological polar surface area (TPSA) is 71.7 Å². The minimum absolute atomic E-state index is 0.126. The molecule has 0 atom stereocenters. The Kier molecular flexibility index (Phi) is 5.38. The Balaban J connectivity index is 1.47. The second-order valence-corrected chi connectivity index (χ2v) is 7.75. The predicted octanol–water partition coefficient (Wildman–Crippen LogP) is 2.83. The second-order valence-electron chi connectivity index (χ2n) is 7.75. The SMILES string of the molecule is O=C(c1ccco1)N1CCc2nc(Cc3ccc(F)cc3)nc(N3CCOCC3)c2C1. The zero-order valence-corrected chi connectivity index (χ0v) is 17.1. The highest BCUT2D eigenvalue weighted by Gasteiger charge is 2.29. The molecule has 0 saturated carbocycles. The Morgan fingerprint density at radius 1 is 1.06 bits per heavy atom. The standard InChI is InChI=1S/C23H23FN4O3/c24-17-5-3-16(4-6-17)14-21-25-19-7-8-28(23(29)20-2-1-11-31-20)15-18(19)22(26-21)27-9-12-30-13-10-27/h1-6,11H,7-10,12-15H2. The molecule has 0 radical (unpaired) electrons. The van der Waals surface area contributed by atoms with Gasteiger partial charge in [-0.15, -0.1) is 0 Å². The number of carbonyl (C=O) groups excluding carboxylic acids is 1. The first kappa shape index (κ1) is 19.7. The molecule has 1 saturated heterocycles. The lowest BCUT2D eigenvalue weighted by Crippen LogP contribution is -2.41. The minimum Gasteiger partial charge on any atom is -0.459 e. The molecule has 31 heavy (non-hydrogen) atoms. The van der Waals surface area contributed by atoms with Gasteiger partial charge in [0.25, 0.3) is 5.91 Å². The highest BCUT2D eigenvalue weighted by atomic mass is 19.1. The van der Waals surface area contributed by atoms with Crippen LogP contribution >= 0.6 is 0 Å². The number of rotatable bonds is 4.